The maximum atomic E-state index is 2.32. The summed E-state index contributed by atoms with van der Waals surface area (Å²) in [6, 6.07) is 0. The van der Waals surface area contributed by atoms with Crippen molar-refractivity contribution in [3.05, 3.63) is 30.7 Å². The van der Waals surface area contributed by atoms with Crippen molar-refractivity contribution in [2.24, 2.45) is 0 Å². The number of allylic oxidation sites excluding steroid dienone is 4. The van der Waals surface area contributed by atoms with E-state index in [-0.39, 0.29) is 0 Å². The minimum atomic E-state index is 1.11. The van der Waals surface area contributed by atoms with Crippen molar-refractivity contribution < 1.29 is 0 Å². The van der Waals surface area contributed by atoms with Crippen molar-refractivity contribution >= 4 is 0 Å². The monoisotopic (exact) mass is 177 g/mol. The minimum Gasteiger partial charge on any atom is -0.0885 e. The van der Waals surface area contributed by atoms with E-state index >= 15 is 0 Å². The van der Waals surface area contributed by atoms with Gasteiger partial charge in [-0.15, -0.1) is 0 Å². The Morgan fingerprint density at radius 2 is 1.31 bits per heavy atom. The zero-order valence-electron chi connectivity index (χ0n) is 8.54. The molecule has 1 radical (unpaired) electrons. The van der Waals surface area contributed by atoms with Gasteiger partial charge < -0.3 is 0 Å². The van der Waals surface area contributed by atoms with Crippen LogP contribution in [0.25, 0.3) is 0 Å². The predicted molar refractivity (Wildman–Crippen MR) is 59.5 cm³/mol. The molecule has 0 amide bonds. The Hall–Kier alpha value is -0.520. The highest BCUT2D eigenvalue weighted by Gasteiger charge is 1.89. The minimum absolute atomic E-state index is 1.11. The lowest BCUT2D eigenvalue weighted by Crippen LogP contribution is -1.77. The predicted octanol–water partition coefficient (Wildman–Crippen LogP) is 4.44. The largest absolute Gasteiger partial charge is 0.0885 e. The van der Waals surface area contributed by atoms with Gasteiger partial charge in [0.1, 0.15) is 0 Å². The van der Waals surface area contributed by atoms with Crippen LogP contribution < -0.4 is 0 Å². The topological polar surface area (TPSA) is 0 Å². The van der Waals surface area contributed by atoms with E-state index in [0.717, 1.165) is 6.42 Å². The molecule has 0 nitrogen and oxygen atoms in total. The van der Waals surface area contributed by atoms with Gasteiger partial charge in [-0.25, -0.2) is 0 Å². The summed E-state index contributed by atoms with van der Waals surface area (Å²) in [7, 11) is 0. The molecule has 0 saturated carbocycles. The van der Waals surface area contributed by atoms with Crippen molar-refractivity contribution in [1.82, 2.24) is 0 Å². The first-order chi connectivity index (χ1) is 6.50. The van der Waals surface area contributed by atoms with E-state index in [1.54, 1.807) is 0 Å². The second kappa shape index (κ2) is 8.10. The van der Waals surface area contributed by atoms with Gasteiger partial charge in [-0.2, -0.15) is 0 Å². The lowest BCUT2D eigenvalue weighted by Gasteiger charge is -1.97. The molecule has 0 heteroatoms. The van der Waals surface area contributed by atoms with Gasteiger partial charge in [-0.1, -0.05) is 43.6 Å². The van der Waals surface area contributed by atoms with E-state index < -0.39 is 0 Å². The van der Waals surface area contributed by atoms with Crippen LogP contribution in [-0.4, -0.2) is 0 Å². The third-order valence-corrected chi connectivity index (χ3v) is 2.45. The van der Waals surface area contributed by atoms with Gasteiger partial charge in [0.05, 0.1) is 0 Å². The Balaban J connectivity index is 2.18. The quantitative estimate of drug-likeness (QED) is 0.480. The third kappa shape index (κ3) is 6.62. The van der Waals surface area contributed by atoms with Crippen molar-refractivity contribution in [3.8, 4) is 0 Å². The zero-order valence-corrected chi connectivity index (χ0v) is 8.54. The van der Waals surface area contributed by atoms with Crippen molar-refractivity contribution in [3.63, 3.8) is 0 Å². The molecule has 0 unspecified atom stereocenters. The van der Waals surface area contributed by atoms with Crippen molar-refractivity contribution in [1.29, 1.82) is 0 Å². The van der Waals surface area contributed by atoms with Gasteiger partial charge in [0, 0.05) is 0 Å². The van der Waals surface area contributed by atoms with Gasteiger partial charge in [-0.05, 0) is 38.5 Å². The highest BCUT2D eigenvalue weighted by molar-refractivity contribution is 4.99. The molecule has 0 aliphatic heterocycles. The first kappa shape index (κ1) is 10.6. The third-order valence-electron chi connectivity index (χ3n) is 2.45. The summed E-state index contributed by atoms with van der Waals surface area (Å²) in [6.07, 6.45) is 22.0. The lowest BCUT2D eigenvalue weighted by molar-refractivity contribution is 0.622. The van der Waals surface area contributed by atoms with E-state index in [4.69, 9.17) is 0 Å². The van der Waals surface area contributed by atoms with E-state index in [0.29, 0.717) is 0 Å². The molecule has 0 bridgehead atoms. The van der Waals surface area contributed by atoms with Crippen LogP contribution in [0.1, 0.15) is 51.4 Å². The Labute approximate surface area is 82.7 Å². The van der Waals surface area contributed by atoms with Crippen LogP contribution in [0.4, 0.5) is 0 Å². The van der Waals surface area contributed by atoms with Gasteiger partial charge in [0.25, 0.3) is 0 Å². The fourth-order valence-electron chi connectivity index (χ4n) is 1.62. The molecule has 1 rings (SSSR count). The van der Waals surface area contributed by atoms with Gasteiger partial charge >= 0.3 is 0 Å². The molecule has 0 aromatic carbocycles. The normalized spacial score (nSPS) is 21.5. The standard InChI is InChI=1S/C13H21/c1-2-4-6-8-10-12-13-11-9-7-5-3-1/h1-3,6,8H,4-5,7,9-13H2. The zero-order chi connectivity index (χ0) is 9.19. The van der Waals surface area contributed by atoms with Gasteiger partial charge in [0.15, 0.2) is 0 Å². The molecule has 1 aliphatic rings. The molecule has 0 spiro atoms. The summed E-state index contributed by atoms with van der Waals surface area (Å²) in [5, 5.41) is 0. The average Bonchev–Trinajstić information content (AvgIpc) is 2.18. The second-order valence-corrected chi connectivity index (χ2v) is 3.72. The van der Waals surface area contributed by atoms with Crippen molar-refractivity contribution in [2.45, 2.75) is 51.4 Å². The van der Waals surface area contributed by atoms with Crippen LogP contribution in [0.5, 0.6) is 0 Å². The van der Waals surface area contributed by atoms with Gasteiger partial charge in [0.2, 0.25) is 0 Å². The second-order valence-electron chi connectivity index (χ2n) is 3.72. The summed E-state index contributed by atoms with van der Waals surface area (Å²) in [4.78, 5) is 0. The first-order valence-corrected chi connectivity index (χ1v) is 5.63. The molecule has 73 valence electrons. The smallest absolute Gasteiger partial charge is 0.0133 e. The fraction of sp³-hybridized carbons (Fsp3) is 0.615. The fourth-order valence-corrected chi connectivity index (χ4v) is 1.62. The molecule has 0 N–H and O–H groups in total. The highest BCUT2D eigenvalue weighted by Crippen LogP contribution is 2.09. The Morgan fingerprint density at radius 3 is 2.15 bits per heavy atom. The van der Waals surface area contributed by atoms with Gasteiger partial charge in [-0.3, -0.25) is 0 Å². The summed E-state index contributed by atoms with van der Waals surface area (Å²) >= 11 is 0. The van der Waals surface area contributed by atoms with E-state index in [2.05, 4.69) is 30.7 Å². The first-order valence-electron chi connectivity index (χ1n) is 5.63. The molecule has 0 saturated heterocycles. The van der Waals surface area contributed by atoms with Crippen LogP contribution in [0.3, 0.4) is 0 Å². The Bertz CT molecular complexity index is 135. The molecule has 0 fully saturated rings. The molecular formula is C13H21. The molecular weight excluding hydrogens is 156 g/mol. The maximum Gasteiger partial charge on any atom is -0.0133 e. The van der Waals surface area contributed by atoms with Crippen molar-refractivity contribution in [2.75, 3.05) is 0 Å². The summed E-state index contributed by atoms with van der Waals surface area (Å²) in [6.45, 7) is 0. The number of hydrogen-bond donors (Lipinski definition) is 0. The molecule has 0 aromatic heterocycles. The van der Waals surface area contributed by atoms with E-state index in [1.165, 1.54) is 44.9 Å². The molecule has 13 heavy (non-hydrogen) atoms. The SMILES string of the molecule is [CH]1C=CCCCCCCCC=CC1. The molecule has 0 heterocycles. The van der Waals surface area contributed by atoms with Crippen LogP contribution in [0.15, 0.2) is 24.3 Å². The number of rotatable bonds is 0. The van der Waals surface area contributed by atoms with Crippen LogP contribution in [0.2, 0.25) is 0 Å². The molecule has 0 atom stereocenters. The average molecular weight is 177 g/mol. The Morgan fingerprint density at radius 1 is 0.615 bits per heavy atom. The van der Waals surface area contributed by atoms with Crippen LogP contribution in [0, 0.1) is 6.42 Å². The van der Waals surface area contributed by atoms with E-state index in [9.17, 15) is 0 Å². The summed E-state index contributed by atoms with van der Waals surface area (Å²) in [5.41, 5.74) is 0. The summed E-state index contributed by atoms with van der Waals surface area (Å²) < 4.78 is 0. The maximum absolute atomic E-state index is 2.32. The van der Waals surface area contributed by atoms with E-state index in [1.807, 2.05) is 0 Å². The van der Waals surface area contributed by atoms with Crippen LogP contribution >= 0.6 is 0 Å². The highest BCUT2D eigenvalue weighted by atomic mass is 14.0. The number of hydrogen-bond acceptors (Lipinski definition) is 0. The lowest BCUT2D eigenvalue weighted by atomic mass is 10.1. The summed E-state index contributed by atoms with van der Waals surface area (Å²) in [5.74, 6) is 0. The van der Waals surface area contributed by atoms with Crippen LogP contribution in [-0.2, 0) is 0 Å². The molecule has 0 aromatic rings. The molecule has 1 aliphatic carbocycles. The Kier molecular flexibility index (Phi) is 6.58.